The van der Waals surface area contributed by atoms with Crippen LogP contribution in [0, 0.1) is 0 Å². The topological polar surface area (TPSA) is 110 Å². The number of hydrogen-bond donors (Lipinski definition) is 2. The molecule has 0 saturated heterocycles. The van der Waals surface area contributed by atoms with Gasteiger partial charge in [0.1, 0.15) is 4.90 Å². The molecular formula is C23H24N2O4S2. The van der Waals surface area contributed by atoms with Gasteiger partial charge in [-0.25, -0.2) is 23.3 Å². The number of nitrogens with zero attached hydrogens (tertiary/aromatic N) is 1. The number of carboxylic acid groups (broad SMARTS) is 1. The molecule has 0 amide bonds. The van der Waals surface area contributed by atoms with Crippen molar-refractivity contribution in [2.45, 2.75) is 48.8 Å². The number of carboxylic acids is 1. The van der Waals surface area contributed by atoms with E-state index in [1.165, 1.54) is 25.3 Å². The van der Waals surface area contributed by atoms with Crippen LogP contribution in [0.15, 0.2) is 58.8 Å². The van der Waals surface area contributed by atoms with Crippen LogP contribution in [0.5, 0.6) is 0 Å². The monoisotopic (exact) mass is 456 g/mol. The summed E-state index contributed by atoms with van der Waals surface area (Å²) < 4.78 is 24.8. The maximum absolute atomic E-state index is 12.4. The summed E-state index contributed by atoms with van der Waals surface area (Å²) in [5, 5.41) is 18.2. The number of carbonyl (C=O) groups is 1. The van der Waals surface area contributed by atoms with E-state index in [1.54, 1.807) is 23.5 Å². The van der Waals surface area contributed by atoms with Gasteiger partial charge in [0.05, 0.1) is 16.3 Å². The molecule has 1 atom stereocenters. The van der Waals surface area contributed by atoms with Crippen LogP contribution >= 0.6 is 11.3 Å². The molecule has 0 bridgehead atoms. The molecule has 8 heteroatoms. The first-order valence-corrected chi connectivity index (χ1v) is 12.7. The minimum atomic E-state index is -4.24. The molecule has 0 aliphatic heterocycles. The zero-order valence-corrected chi connectivity index (χ0v) is 18.5. The maximum Gasteiger partial charge on any atom is 0.337 e. The number of primary sulfonamides is 1. The van der Waals surface area contributed by atoms with Crippen molar-refractivity contribution in [2.75, 3.05) is 0 Å². The fraction of sp³-hybridized carbons (Fsp3) is 0.304. The molecule has 1 fully saturated rings. The lowest BCUT2D eigenvalue weighted by Gasteiger charge is -2.23. The average Bonchev–Trinajstić information content (AvgIpc) is 3.14. The highest BCUT2D eigenvalue weighted by Crippen LogP contribution is 2.38. The minimum Gasteiger partial charge on any atom is -0.478 e. The fourth-order valence-electron chi connectivity index (χ4n) is 4.10. The number of nitrogens with two attached hydrogens (primary N) is 1. The van der Waals surface area contributed by atoms with Gasteiger partial charge in [0.25, 0.3) is 0 Å². The van der Waals surface area contributed by atoms with E-state index in [0.717, 1.165) is 16.3 Å². The second kappa shape index (κ2) is 8.90. The van der Waals surface area contributed by atoms with Crippen LogP contribution in [0.2, 0.25) is 0 Å². The van der Waals surface area contributed by atoms with Gasteiger partial charge in [0, 0.05) is 23.6 Å². The Morgan fingerprint density at radius 3 is 2.52 bits per heavy atom. The van der Waals surface area contributed by atoms with Crippen LogP contribution < -0.4 is 5.14 Å². The molecule has 1 heterocycles. The molecule has 1 aliphatic rings. The van der Waals surface area contributed by atoms with E-state index < -0.39 is 16.0 Å². The van der Waals surface area contributed by atoms with Gasteiger partial charge >= 0.3 is 5.97 Å². The second-order valence-corrected chi connectivity index (χ2v) is 10.3. The number of aromatic carboxylic acids is 1. The highest BCUT2D eigenvalue weighted by Gasteiger charge is 2.28. The van der Waals surface area contributed by atoms with Gasteiger partial charge < -0.3 is 5.11 Å². The lowest BCUT2D eigenvalue weighted by molar-refractivity contribution is 0.0692. The van der Waals surface area contributed by atoms with Crippen molar-refractivity contribution in [1.29, 1.82) is 0 Å². The zero-order chi connectivity index (χ0) is 22.0. The zero-order valence-electron chi connectivity index (χ0n) is 16.9. The highest BCUT2D eigenvalue weighted by atomic mass is 32.2. The Hall–Kier alpha value is -2.55. The molecular weight excluding hydrogens is 432 g/mol. The number of thiazole rings is 1. The molecule has 6 nitrogen and oxygen atoms in total. The van der Waals surface area contributed by atoms with Crippen LogP contribution in [0.25, 0.3) is 0 Å². The average molecular weight is 457 g/mol. The summed E-state index contributed by atoms with van der Waals surface area (Å²) in [6.07, 6.45) is 4.89. The van der Waals surface area contributed by atoms with Crippen molar-refractivity contribution in [3.05, 3.63) is 81.3 Å². The number of benzene rings is 2. The minimum absolute atomic E-state index is 0.303. The molecule has 1 aromatic heterocycles. The molecule has 31 heavy (non-hydrogen) atoms. The van der Waals surface area contributed by atoms with Crippen LogP contribution in [0.1, 0.15) is 69.7 Å². The third-order valence-electron chi connectivity index (χ3n) is 5.88. The van der Waals surface area contributed by atoms with E-state index >= 15 is 0 Å². The summed E-state index contributed by atoms with van der Waals surface area (Å²) in [5.41, 5.74) is 2.16. The van der Waals surface area contributed by atoms with Crippen LogP contribution in [-0.4, -0.2) is 24.5 Å². The molecule has 3 aromatic rings. The van der Waals surface area contributed by atoms with E-state index in [-0.39, 0.29) is 16.4 Å². The third-order valence-corrected chi connectivity index (χ3v) is 7.83. The Morgan fingerprint density at radius 1 is 1.16 bits per heavy atom. The largest absolute Gasteiger partial charge is 0.478 e. The van der Waals surface area contributed by atoms with E-state index in [0.29, 0.717) is 24.3 Å². The van der Waals surface area contributed by atoms with Gasteiger partial charge in [0.2, 0.25) is 10.0 Å². The third kappa shape index (κ3) is 4.71. The first-order valence-electron chi connectivity index (χ1n) is 10.2. The predicted molar refractivity (Wildman–Crippen MR) is 120 cm³/mol. The van der Waals surface area contributed by atoms with Gasteiger partial charge in [-0.05, 0) is 36.5 Å². The van der Waals surface area contributed by atoms with Crippen molar-refractivity contribution < 1.29 is 18.3 Å². The van der Waals surface area contributed by atoms with Crippen molar-refractivity contribution in [2.24, 2.45) is 5.14 Å². The number of aromatic nitrogens is 1. The van der Waals surface area contributed by atoms with Crippen molar-refractivity contribution >= 4 is 27.3 Å². The first-order chi connectivity index (χ1) is 14.8. The molecule has 1 unspecified atom stereocenters. The first kappa shape index (κ1) is 21.7. The molecule has 0 radical (unpaired) electrons. The molecule has 162 valence electrons. The molecule has 1 aliphatic carbocycles. The molecule has 0 spiro atoms. The van der Waals surface area contributed by atoms with Crippen molar-refractivity contribution in [3.63, 3.8) is 0 Å². The normalized spacial score (nSPS) is 15.4. The van der Waals surface area contributed by atoms with Gasteiger partial charge in [-0.15, -0.1) is 11.3 Å². The van der Waals surface area contributed by atoms with Crippen molar-refractivity contribution in [3.8, 4) is 0 Å². The number of aryl methyl sites for hydroxylation is 1. The van der Waals surface area contributed by atoms with E-state index in [2.05, 4.69) is 5.38 Å². The Labute approximate surface area is 185 Å². The van der Waals surface area contributed by atoms with Gasteiger partial charge in [0.15, 0.2) is 0 Å². The van der Waals surface area contributed by atoms with Crippen LogP contribution in [0.4, 0.5) is 0 Å². The molecule has 4 rings (SSSR count). The summed E-state index contributed by atoms with van der Waals surface area (Å²) in [4.78, 5) is 16.2. The number of rotatable bonds is 8. The molecule has 3 N–H and O–H groups in total. The lowest BCUT2D eigenvalue weighted by Crippen LogP contribution is -2.21. The summed E-state index contributed by atoms with van der Waals surface area (Å²) in [7, 11) is -4.24. The Kier molecular flexibility index (Phi) is 6.22. The fourth-order valence-corrected chi connectivity index (χ4v) is 6.00. The summed E-state index contributed by atoms with van der Waals surface area (Å²) >= 11 is 1.63. The molecule has 1 saturated carbocycles. The van der Waals surface area contributed by atoms with E-state index in [1.807, 2.05) is 30.3 Å². The Bertz CT molecular complexity index is 1190. The van der Waals surface area contributed by atoms with E-state index in [9.17, 15) is 18.3 Å². The SMILES string of the molecule is NS(=O)(=O)c1c(C(=O)O)cccc1C(CCc1nc(C2CCC2)cs1)c1ccccc1. The van der Waals surface area contributed by atoms with Crippen LogP contribution in [0.3, 0.4) is 0 Å². The molecule has 2 aromatic carbocycles. The Balaban J connectivity index is 1.72. The standard InChI is InChI=1S/C23H24N2O4S2/c24-31(28,29)22-18(10-5-11-19(22)23(26)27)17(15-6-2-1-3-7-15)12-13-21-25-20(14-30-21)16-8-4-9-16/h1-3,5-7,10-11,14,16-17H,4,8-9,12-13H2,(H,26,27)(H2,24,28,29). The van der Waals surface area contributed by atoms with Crippen molar-refractivity contribution in [1.82, 2.24) is 4.98 Å². The summed E-state index contributed by atoms with van der Waals surface area (Å²) in [6.45, 7) is 0. The van der Waals surface area contributed by atoms with E-state index in [4.69, 9.17) is 10.1 Å². The Morgan fingerprint density at radius 2 is 1.90 bits per heavy atom. The number of sulfonamides is 1. The quantitative estimate of drug-likeness (QED) is 0.518. The van der Waals surface area contributed by atoms with Gasteiger partial charge in [-0.1, -0.05) is 48.9 Å². The lowest BCUT2D eigenvalue weighted by atomic mass is 9.83. The van der Waals surface area contributed by atoms with Crippen LogP contribution in [-0.2, 0) is 16.4 Å². The maximum atomic E-state index is 12.4. The van der Waals surface area contributed by atoms with Gasteiger partial charge in [-0.3, -0.25) is 0 Å². The summed E-state index contributed by atoms with van der Waals surface area (Å²) in [6, 6.07) is 14.0. The smallest absolute Gasteiger partial charge is 0.337 e. The predicted octanol–water partition coefficient (Wildman–Crippen LogP) is 4.52. The summed E-state index contributed by atoms with van der Waals surface area (Å²) in [5.74, 6) is -1.08. The number of hydrogen-bond acceptors (Lipinski definition) is 5. The van der Waals surface area contributed by atoms with Gasteiger partial charge in [-0.2, -0.15) is 0 Å². The second-order valence-electron chi connectivity index (χ2n) is 7.87. The highest BCUT2D eigenvalue weighted by molar-refractivity contribution is 7.89.